The Morgan fingerprint density at radius 2 is 1.04 bits per heavy atom. The van der Waals surface area contributed by atoms with Gasteiger partial charge in [0.25, 0.3) is 0 Å². The Balaban J connectivity index is 1.80. The molecule has 3 aromatic carbocycles. The van der Waals surface area contributed by atoms with Gasteiger partial charge in [-0.15, -0.1) is 0 Å². The maximum absolute atomic E-state index is 2.53. The van der Waals surface area contributed by atoms with Crippen LogP contribution < -0.4 is 15.9 Å². The first-order chi connectivity index (χ1) is 13.9. The zero-order chi connectivity index (χ0) is 19.1. The van der Waals surface area contributed by atoms with Crippen LogP contribution in [0, 0.1) is 5.92 Å². The molecule has 0 aliphatic heterocycles. The van der Waals surface area contributed by atoms with Crippen LogP contribution in [0.5, 0.6) is 0 Å². The summed E-state index contributed by atoms with van der Waals surface area (Å²) in [5.74, 6) is 0.776. The van der Waals surface area contributed by atoms with Crippen molar-refractivity contribution in [2.75, 3.05) is 6.16 Å². The molecule has 0 bridgehead atoms. The number of hydrogen-bond acceptors (Lipinski definition) is 0. The minimum absolute atomic E-state index is 0.776. The molecule has 0 amide bonds. The minimum atomic E-state index is -1.71. The van der Waals surface area contributed by atoms with E-state index in [0.717, 1.165) is 12.1 Å². The fourth-order valence-electron chi connectivity index (χ4n) is 4.55. The molecule has 28 heavy (non-hydrogen) atoms. The molecule has 1 aliphatic rings. The summed E-state index contributed by atoms with van der Waals surface area (Å²) in [6.07, 6.45) is 13.1. The van der Waals surface area contributed by atoms with E-state index >= 15 is 0 Å². The number of hydrogen-bond donors (Lipinski definition) is 0. The number of benzene rings is 3. The summed E-state index contributed by atoms with van der Waals surface area (Å²) < 4.78 is 0. The van der Waals surface area contributed by atoms with Gasteiger partial charge in [-0.05, 0) is 55.2 Å². The highest BCUT2D eigenvalue weighted by Crippen LogP contribution is 2.55. The fraction of sp³-hybridized carbons (Fsp3) is 0.259. The summed E-state index contributed by atoms with van der Waals surface area (Å²) in [7, 11) is -1.71. The van der Waals surface area contributed by atoms with E-state index in [2.05, 4.69) is 103 Å². The van der Waals surface area contributed by atoms with Crippen LogP contribution in [0.15, 0.2) is 103 Å². The average Bonchev–Trinajstić information content (AvgIpc) is 2.79. The topological polar surface area (TPSA) is 0 Å². The smallest absolute Gasteiger partial charge is 0.0818 e. The first-order valence-corrected chi connectivity index (χ1v) is 12.6. The van der Waals surface area contributed by atoms with Crippen LogP contribution in [0.25, 0.3) is 0 Å². The van der Waals surface area contributed by atoms with Crippen molar-refractivity contribution in [3.63, 3.8) is 0 Å². The van der Waals surface area contributed by atoms with Crippen LogP contribution in [0.4, 0.5) is 0 Å². The number of rotatable bonds is 6. The Morgan fingerprint density at radius 1 is 0.607 bits per heavy atom. The third kappa shape index (κ3) is 4.13. The van der Waals surface area contributed by atoms with E-state index in [9.17, 15) is 0 Å². The van der Waals surface area contributed by atoms with Crippen molar-refractivity contribution in [3.05, 3.63) is 103 Å². The van der Waals surface area contributed by atoms with Crippen LogP contribution in [0.2, 0.25) is 0 Å². The summed E-state index contributed by atoms with van der Waals surface area (Å²) in [5.41, 5.74) is 0. The first kappa shape index (κ1) is 19.2. The molecule has 3 aromatic rings. The predicted molar refractivity (Wildman–Crippen MR) is 126 cm³/mol. The quantitative estimate of drug-likeness (QED) is 0.354. The van der Waals surface area contributed by atoms with E-state index < -0.39 is 7.26 Å². The molecule has 0 atom stereocenters. The van der Waals surface area contributed by atoms with Crippen LogP contribution in [0.3, 0.4) is 0 Å². The second-order valence-corrected chi connectivity index (χ2v) is 11.4. The van der Waals surface area contributed by atoms with Gasteiger partial charge >= 0.3 is 0 Å². The SMILES string of the molecule is C(=CC1CCCCC1)C[P+](c1ccccc1)(c1ccccc1)c1ccccc1. The highest BCUT2D eigenvalue weighted by Gasteiger charge is 2.44. The van der Waals surface area contributed by atoms with Crippen molar-refractivity contribution in [3.8, 4) is 0 Å². The van der Waals surface area contributed by atoms with E-state index in [1.807, 2.05) is 0 Å². The van der Waals surface area contributed by atoms with E-state index in [-0.39, 0.29) is 0 Å². The first-order valence-electron chi connectivity index (χ1n) is 10.6. The molecule has 0 N–H and O–H groups in total. The molecule has 142 valence electrons. The van der Waals surface area contributed by atoms with Crippen molar-refractivity contribution < 1.29 is 0 Å². The summed E-state index contributed by atoms with van der Waals surface area (Å²) in [5, 5.41) is 4.42. The van der Waals surface area contributed by atoms with Gasteiger partial charge < -0.3 is 0 Å². The second-order valence-electron chi connectivity index (χ2n) is 7.83. The molecule has 0 nitrogen and oxygen atoms in total. The Morgan fingerprint density at radius 3 is 1.46 bits per heavy atom. The Bertz CT molecular complexity index is 765. The lowest BCUT2D eigenvalue weighted by Gasteiger charge is -2.27. The van der Waals surface area contributed by atoms with Crippen LogP contribution >= 0.6 is 7.26 Å². The molecule has 0 spiro atoms. The van der Waals surface area contributed by atoms with Gasteiger partial charge in [-0.1, -0.05) is 86.0 Å². The van der Waals surface area contributed by atoms with Crippen LogP contribution in [-0.2, 0) is 0 Å². The fourth-order valence-corrected chi connectivity index (χ4v) is 8.56. The zero-order valence-electron chi connectivity index (χ0n) is 16.6. The molecule has 0 unspecified atom stereocenters. The standard InChI is InChI=1S/C27H30P/c1-5-14-24(15-6-1)16-13-23-28(25-17-7-2-8-18-25,26-19-9-3-10-20-26)27-21-11-4-12-22-27/h2-4,7-13,16-22,24H,1,5-6,14-15,23H2/q+1. The van der Waals surface area contributed by atoms with E-state index in [4.69, 9.17) is 0 Å². The van der Waals surface area contributed by atoms with E-state index in [1.54, 1.807) is 0 Å². The van der Waals surface area contributed by atoms with Crippen molar-refractivity contribution in [1.82, 2.24) is 0 Å². The predicted octanol–water partition coefficient (Wildman–Crippen LogP) is 6.12. The summed E-state index contributed by atoms with van der Waals surface area (Å²) in [6.45, 7) is 0. The summed E-state index contributed by atoms with van der Waals surface area (Å²) in [6, 6.07) is 33.6. The van der Waals surface area contributed by atoms with Crippen LogP contribution in [-0.4, -0.2) is 6.16 Å². The highest BCUT2D eigenvalue weighted by atomic mass is 31.2. The summed E-state index contributed by atoms with van der Waals surface area (Å²) in [4.78, 5) is 0. The van der Waals surface area contributed by atoms with Gasteiger partial charge in [-0.25, -0.2) is 0 Å². The van der Waals surface area contributed by atoms with Crippen molar-refractivity contribution in [2.45, 2.75) is 32.1 Å². The third-order valence-corrected chi connectivity index (χ3v) is 10.3. The van der Waals surface area contributed by atoms with Crippen molar-refractivity contribution >= 4 is 23.2 Å². The Labute approximate surface area is 170 Å². The molecule has 1 heteroatoms. The van der Waals surface area contributed by atoms with Gasteiger partial charge in [0.1, 0.15) is 23.2 Å². The Hall–Kier alpha value is -2.17. The average molecular weight is 386 g/mol. The maximum Gasteiger partial charge on any atom is 0.115 e. The van der Waals surface area contributed by atoms with Gasteiger partial charge in [0, 0.05) is 0 Å². The monoisotopic (exact) mass is 385 g/mol. The second kappa shape index (κ2) is 9.35. The molecular weight excluding hydrogens is 355 g/mol. The van der Waals surface area contributed by atoms with Gasteiger partial charge in [-0.3, -0.25) is 0 Å². The van der Waals surface area contributed by atoms with Gasteiger partial charge in [-0.2, -0.15) is 0 Å². The number of allylic oxidation sites excluding steroid dienone is 2. The normalized spacial score (nSPS) is 15.7. The lowest BCUT2D eigenvalue weighted by atomic mass is 9.89. The molecular formula is C27H30P+. The molecule has 0 heterocycles. The van der Waals surface area contributed by atoms with Crippen LogP contribution in [0.1, 0.15) is 32.1 Å². The van der Waals surface area contributed by atoms with Gasteiger partial charge in [0.2, 0.25) is 0 Å². The molecule has 1 aliphatic carbocycles. The summed E-state index contributed by atoms with van der Waals surface area (Å²) >= 11 is 0. The highest BCUT2D eigenvalue weighted by molar-refractivity contribution is 7.95. The Kier molecular flexibility index (Phi) is 6.40. The van der Waals surface area contributed by atoms with E-state index in [1.165, 1.54) is 48.0 Å². The molecule has 4 rings (SSSR count). The molecule has 1 fully saturated rings. The molecule has 0 aromatic heterocycles. The largest absolute Gasteiger partial charge is 0.115 e. The molecule has 0 saturated heterocycles. The minimum Gasteiger partial charge on any atom is -0.0818 e. The molecule has 0 radical (unpaired) electrons. The van der Waals surface area contributed by atoms with Crippen molar-refractivity contribution in [1.29, 1.82) is 0 Å². The van der Waals surface area contributed by atoms with Crippen molar-refractivity contribution in [2.24, 2.45) is 5.92 Å². The van der Waals surface area contributed by atoms with Gasteiger partial charge in [0.15, 0.2) is 0 Å². The maximum atomic E-state index is 2.53. The van der Waals surface area contributed by atoms with Gasteiger partial charge in [0.05, 0.1) is 6.16 Å². The lowest BCUT2D eigenvalue weighted by molar-refractivity contribution is 0.419. The van der Waals surface area contributed by atoms with E-state index in [0.29, 0.717) is 0 Å². The third-order valence-electron chi connectivity index (χ3n) is 6.03. The lowest BCUT2D eigenvalue weighted by Crippen LogP contribution is -2.32. The zero-order valence-corrected chi connectivity index (χ0v) is 17.5. The molecule has 1 saturated carbocycles.